The van der Waals surface area contributed by atoms with Crippen LogP contribution in [0.2, 0.25) is 0 Å². The average molecular weight is 431 g/mol. The van der Waals surface area contributed by atoms with Crippen LogP contribution in [0.5, 0.6) is 11.6 Å². The fraction of sp³-hybridized carbons (Fsp3) is 0.294. The van der Waals surface area contributed by atoms with Gasteiger partial charge in [-0.1, -0.05) is 0 Å². The fourth-order valence-electron chi connectivity index (χ4n) is 1.78. The number of hydrogen-bond donors (Lipinski definition) is 0. The van der Waals surface area contributed by atoms with Crippen LogP contribution in [0.15, 0.2) is 36.5 Å². The molecule has 0 spiro atoms. The fourth-order valence-corrected chi connectivity index (χ4v) is 1.78. The Morgan fingerprint density at radius 3 is 1.90 bits per heavy atom. The van der Waals surface area contributed by atoms with Crippen LogP contribution in [0.1, 0.15) is 15.9 Å². The van der Waals surface area contributed by atoms with Crippen molar-refractivity contribution < 1.29 is 49.4 Å². The summed E-state index contributed by atoms with van der Waals surface area (Å²) in [6.45, 7) is 0. The third-order valence-electron chi connectivity index (χ3n) is 3.15. The lowest BCUT2D eigenvalue weighted by Gasteiger charge is -2.28. The van der Waals surface area contributed by atoms with Gasteiger partial charge in [0.2, 0.25) is 0 Å². The van der Waals surface area contributed by atoms with Gasteiger partial charge >= 0.3 is 18.0 Å². The molecule has 0 N–H and O–H groups in total. The van der Waals surface area contributed by atoms with E-state index in [0.29, 0.717) is 18.4 Å². The predicted octanol–water partition coefficient (Wildman–Crippen LogP) is 5.38. The van der Waals surface area contributed by atoms with Crippen molar-refractivity contribution in [3.05, 3.63) is 53.5 Å². The minimum absolute atomic E-state index is 0.112. The third-order valence-corrected chi connectivity index (χ3v) is 3.15. The molecule has 4 nitrogen and oxygen atoms in total. The molecule has 1 heterocycles. The number of hydrogen-bond acceptors (Lipinski definition) is 4. The van der Waals surface area contributed by atoms with E-state index in [9.17, 15) is 39.9 Å². The smallest absolute Gasteiger partial charge is 0.436 e. The molecule has 0 amide bonds. The second-order valence-electron chi connectivity index (χ2n) is 5.35. The number of carbonyl (C=O) groups is 1. The number of pyridine rings is 1. The van der Waals surface area contributed by atoms with E-state index < -0.39 is 35.3 Å². The van der Waals surface area contributed by atoms with Crippen LogP contribution in [0.25, 0.3) is 0 Å². The van der Waals surface area contributed by atoms with Gasteiger partial charge < -0.3 is 9.47 Å². The summed E-state index contributed by atoms with van der Waals surface area (Å²) in [4.78, 5) is 13.9. The highest BCUT2D eigenvalue weighted by Gasteiger charge is 2.73. The van der Waals surface area contributed by atoms with Crippen LogP contribution in [-0.2, 0) is 10.7 Å². The Balaban J connectivity index is 0.00000132. The number of alkyl halides is 7. The quantitative estimate of drug-likeness (QED) is 0.471. The Morgan fingerprint density at radius 1 is 0.966 bits per heavy atom. The molecule has 2 rings (SSSR count). The molecular weight excluding hydrogens is 418 g/mol. The van der Waals surface area contributed by atoms with Crippen molar-refractivity contribution in [2.45, 2.75) is 18.0 Å². The number of halogens is 8. The van der Waals surface area contributed by atoms with Crippen LogP contribution in [-0.4, -0.2) is 37.6 Å². The van der Waals surface area contributed by atoms with Crippen LogP contribution >= 0.6 is 0 Å². The standard InChI is InChI=1S/C15H7F8NO2.C2H6O/c16-11-5-8(7-25)6-24-12(11)26-10-3-1-9(2-4-10)13(17,18)14(19,20)15(21,22)23;1-3-2/h1-7H;1-2H3. The summed E-state index contributed by atoms with van der Waals surface area (Å²) in [5, 5.41) is 0. The molecule has 0 aliphatic rings. The van der Waals surface area contributed by atoms with Gasteiger partial charge in [-0.05, 0) is 30.3 Å². The van der Waals surface area contributed by atoms with Crippen molar-refractivity contribution in [2.24, 2.45) is 0 Å². The molecule has 1 aromatic carbocycles. The molecule has 0 saturated heterocycles. The first-order chi connectivity index (χ1) is 13.3. The largest absolute Gasteiger partial charge is 0.460 e. The minimum atomic E-state index is -6.46. The lowest BCUT2D eigenvalue weighted by Crippen LogP contribution is -2.49. The van der Waals surface area contributed by atoms with E-state index in [1.165, 1.54) is 0 Å². The normalized spacial score (nSPS) is 12.1. The van der Waals surface area contributed by atoms with Crippen LogP contribution < -0.4 is 4.74 Å². The first kappa shape index (κ1) is 24.3. The van der Waals surface area contributed by atoms with E-state index in [1.807, 2.05) is 0 Å². The van der Waals surface area contributed by atoms with Gasteiger partial charge in [0, 0.05) is 31.5 Å². The monoisotopic (exact) mass is 431 g/mol. The summed E-state index contributed by atoms with van der Waals surface area (Å²) in [5.74, 6) is -13.9. The van der Waals surface area contributed by atoms with E-state index in [-0.39, 0.29) is 23.4 Å². The summed E-state index contributed by atoms with van der Waals surface area (Å²) in [5.41, 5.74) is -1.73. The van der Waals surface area contributed by atoms with Crippen LogP contribution in [0.4, 0.5) is 35.1 Å². The van der Waals surface area contributed by atoms with Gasteiger partial charge in [0.25, 0.3) is 5.88 Å². The van der Waals surface area contributed by atoms with E-state index >= 15 is 0 Å². The maximum atomic E-state index is 13.6. The SMILES string of the molecule is COC.O=Cc1cnc(Oc2ccc(C(F)(F)C(F)(F)C(F)(F)F)cc2)c(F)c1. The van der Waals surface area contributed by atoms with Gasteiger partial charge in [0.15, 0.2) is 12.1 Å². The molecule has 0 unspecified atom stereocenters. The number of nitrogens with zero attached hydrogens (tertiary/aromatic N) is 1. The van der Waals surface area contributed by atoms with E-state index in [1.54, 1.807) is 14.2 Å². The van der Waals surface area contributed by atoms with Crippen molar-refractivity contribution in [1.29, 1.82) is 0 Å². The molecule has 2 aromatic rings. The zero-order valence-corrected chi connectivity index (χ0v) is 14.7. The third kappa shape index (κ3) is 5.40. The van der Waals surface area contributed by atoms with Crippen molar-refractivity contribution >= 4 is 6.29 Å². The topological polar surface area (TPSA) is 48.4 Å². The molecule has 0 saturated carbocycles. The Kier molecular flexibility index (Phi) is 7.67. The highest BCUT2D eigenvalue weighted by atomic mass is 19.4. The molecule has 12 heteroatoms. The summed E-state index contributed by atoms with van der Waals surface area (Å²) < 4.78 is 112. The van der Waals surface area contributed by atoms with Crippen molar-refractivity contribution in [2.75, 3.05) is 14.2 Å². The summed E-state index contributed by atoms with van der Waals surface area (Å²) >= 11 is 0. The predicted molar refractivity (Wildman–Crippen MR) is 83.9 cm³/mol. The minimum Gasteiger partial charge on any atom is -0.436 e. The molecular formula is C17H13F8NO3. The van der Waals surface area contributed by atoms with Gasteiger partial charge in [-0.15, -0.1) is 0 Å². The maximum absolute atomic E-state index is 13.6. The number of ether oxygens (including phenoxy) is 2. The molecule has 0 fully saturated rings. The molecule has 29 heavy (non-hydrogen) atoms. The second kappa shape index (κ2) is 9.16. The Labute approximate surface area is 159 Å². The Bertz CT molecular complexity index is 822. The van der Waals surface area contributed by atoms with E-state index in [4.69, 9.17) is 4.74 Å². The number of carbonyl (C=O) groups excluding carboxylic acids is 1. The van der Waals surface area contributed by atoms with Crippen LogP contribution in [0, 0.1) is 5.82 Å². The number of methoxy groups -OCH3 is 1. The number of aldehydes is 1. The first-order valence-corrected chi connectivity index (χ1v) is 7.43. The first-order valence-electron chi connectivity index (χ1n) is 7.43. The molecule has 160 valence electrons. The molecule has 0 bridgehead atoms. The van der Waals surface area contributed by atoms with Gasteiger partial charge in [0.05, 0.1) is 0 Å². The van der Waals surface area contributed by atoms with Crippen molar-refractivity contribution in [3.63, 3.8) is 0 Å². The average Bonchev–Trinajstić information content (AvgIpc) is 2.63. The highest BCUT2D eigenvalue weighted by Crippen LogP contribution is 2.51. The maximum Gasteiger partial charge on any atom is 0.460 e. The van der Waals surface area contributed by atoms with E-state index in [0.717, 1.165) is 12.3 Å². The zero-order chi connectivity index (χ0) is 22.5. The lowest BCUT2D eigenvalue weighted by molar-refractivity contribution is -0.359. The molecule has 1 aromatic heterocycles. The summed E-state index contributed by atoms with van der Waals surface area (Å²) in [7, 11) is 3.25. The Hall–Kier alpha value is -2.76. The number of aromatic nitrogens is 1. The number of benzene rings is 1. The molecule has 0 aliphatic carbocycles. The molecule has 0 aliphatic heterocycles. The highest BCUT2D eigenvalue weighted by molar-refractivity contribution is 5.74. The summed E-state index contributed by atoms with van der Waals surface area (Å²) in [6.07, 6.45) is -5.21. The molecule has 0 radical (unpaired) electrons. The number of rotatable bonds is 5. The zero-order valence-electron chi connectivity index (χ0n) is 14.7. The van der Waals surface area contributed by atoms with Gasteiger partial charge in [-0.25, -0.2) is 9.37 Å². The van der Waals surface area contributed by atoms with Crippen LogP contribution in [0.3, 0.4) is 0 Å². The summed E-state index contributed by atoms with van der Waals surface area (Å²) in [6, 6.07) is 2.62. The van der Waals surface area contributed by atoms with Gasteiger partial charge in [-0.2, -0.15) is 30.7 Å². The Morgan fingerprint density at radius 2 is 1.48 bits per heavy atom. The second-order valence-corrected chi connectivity index (χ2v) is 5.35. The molecule has 0 atom stereocenters. The van der Waals surface area contributed by atoms with Gasteiger partial charge in [0.1, 0.15) is 5.75 Å². The van der Waals surface area contributed by atoms with E-state index in [2.05, 4.69) is 9.72 Å². The van der Waals surface area contributed by atoms with Crippen molar-refractivity contribution in [1.82, 2.24) is 4.98 Å². The van der Waals surface area contributed by atoms with Gasteiger partial charge in [-0.3, -0.25) is 4.79 Å². The van der Waals surface area contributed by atoms with Crippen molar-refractivity contribution in [3.8, 4) is 11.6 Å². The lowest BCUT2D eigenvalue weighted by atomic mass is 10.0.